The summed E-state index contributed by atoms with van der Waals surface area (Å²) in [6.45, 7) is 8.05. The first-order valence-electron chi connectivity index (χ1n) is 6.93. The van der Waals surface area contributed by atoms with Crippen LogP contribution >= 0.6 is 0 Å². The van der Waals surface area contributed by atoms with Crippen molar-refractivity contribution in [3.05, 3.63) is 47.2 Å². The molecule has 0 amide bonds. The van der Waals surface area contributed by atoms with E-state index in [-0.39, 0.29) is 0 Å². The van der Waals surface area contributed by atoms with Crippen LogP contribution in [0, 0.1) is 20.8 Å². The van der Waals surface area contributed by atoms with Crippen LogP contribution in [0.5, 0.6) is 0 Å². The molecule has 0 radical (unpaired) electrons. The van der Waals surface area contributed by atoms with Gasteiger partial charge < -0.3 is 9.67 Å². The molecule has 1 atom stereocenters. The average Bonchev–Trinajstić information content (AvgIpc) is 2.75. The molecule has 106 valence electrons. The molecule has 2 aromatic rings. The van der Waals surface area contributed by atoms with Gasteiger partial charge in [-0.15, -0.1) is 0 Å². The van der Waals surface area contributed by atoms with E-state index in [2.05, 4.69) is 38.1 Å². The second-order valence-electron chi connectivity index (χ2n) is 5.37. The second-order valence-corrected chi connectivity index (χ2v) is 5.37. The van der Waals surface area contributed by atoms with Crippen molar-refractivity contribution in [1.82, 2.24) is 4.57 Å². The number of carboxylic acids is 1. The van der Waals surface area contributed by atoms with E-state index in [0.29, 0.717) is 6.42 Å². The molecule has 0 bridgehead atoms. The van der Waals surface area contributed by atoms with Gasteiger partial charge in [0.1, 0.15) is 6.04 Å². The van der Waals surface area contributed by atoms with E-state index in [1.807, 2.05) is 24.6 Å². The Morgan fingerprint density at radius 1 is 1.20 bits per heavy atom. The molecule has 0 saturated heterocycles. The number of rotatable bonds is 4. The Balaban J connectivity index is 2.56. The Kier molecular flexibility index (Phi) is 3.98. The molecular formula is C17H21NO2. The lowest BCUT2D eigenvalue weighted by Crippen LogP contribution is -2.18. The summed E-state index contributed by atoms with van der Waals surface area (Å²) in [6, 6.07) is 7.80. The lowest BCUT2D eigenvalue weighted by molar-refractivity contribution is -0.140. The Labute approximate surface area is 119 Å². The molecule has 1 N–H and O–H groups in total. The molecular weight excluding hydrogens is 250 g/mol. The van der Waals surface area contributed by atoms with Crippen molar-refractivity contribution in [2.75, 3.05) is 0 Å². The molecule has 1 heterocycles. The van der Waals surface area contributed by atoms with Gasteiger partial charge in [-0.3, -0.25) is 0 Å². The van der Waals surface area contributed by atoms with Gasteiger partial charge in [0.2, 0.25) is 0 Å². The third kappa shape index (κ3) is 2.62. The van der Waals surface area contributed by atoms with E-state index >= 15 is 0 Å². The maximum Gasteiger partial charge on any atom is 0.326 e. The molecule has 0 saturated carbocycles. The van der Waals surface area contributed by atoms with Crippen molar-refractivity contribution in [2.45, 2.75) is 40.2 Å². The smallest absolute Gasteiger partial charge is 0.326 e. The van der Waals surface area contributed by atoms with E-state index in [1.54, 1.807) is 0 Å². The topological polar surface area (TPSA) is 42.2 Å². The molecule has 3 nitrogen and oxygen atoms in total. The molecule has 0 spiro atoms. The summed E-state index contributed by atoms with van der Waals surface area (Å²) in [4.78, 5) is 11.4. The third-order valence-corrected chi connectivity index (χ3v) is 3.80. The Bertz CT molecular complexity index is 640. The fourth-order valence-electron chi connectivity index (χ4n) is 2.50. The molecule has 1 aromatic heterocycles. The van der Waals surface area contributed by atoms with E-state index in [4.69, 9.17) is 0 Å². The first kappa shape index (κ1) is 14.4. The number of aromatic nitrogens is 1. The number of hydrogen-bond acceptors (Lipinski definition) is 1. The Hall–Kier alpha value is -2.03. The van der Waals surface area contributed by atoms with Crippen molar-refractivity contribution < 1.29 is 9.90 Å². The molecule has 1 aromatic carbocycles. The fraction of sp³-hybridized carbons (Fsp3) is 0.353. The lowest BCUT2D eigenvalue weighted by atomic mass is 10.0. The summed E-state index contributed by atoms with van der Waals surface area (Å²) in [7, 11) is 0. The lowest BCUT2D eigenvalue weighted by Gasteiger charge is -2.17. The minimum absolute atomic E-state index is 0.514. The highest BCUT2D eigenvalue weighted by molar-refractivity contribution is 5.74. The number of carbonyl (C=O) groups is 1. The van der Waals surface area contributed by atoms with E-state index in [9.17, 15) is 9.90 Å². The summed E-state index contributed by atoms with van der Waals surface area (Å²) in [6.07, 6.45) is 2.49. The van der Waals surface area contributed by atoms with Gasteiger partial charge in [-0.05, 0) is 61.6 Å². The van der Waals surface area contributed by atoms with Gasteiger partial charge in [0.25, 0.3) is 0 Å². The number of carboxylic acid groups (broad SMARTS) is 1. The molecule has 0 aliphatic heterocycles. The van der Waals surface area contributed by atoms with Gasteiger partial charge in [-0.25, -0.2) is 4.79 Å². The van der Waals surface area contributed by atoms with Crippen LogP contribution in [-0.4, -0.2) is 15.6 Å². The van der Waals surface area contributed by atoms with Crippen LogP contribution < -0.4 is 0 Å². The van der Waals surface area contributed by atoms with Crippen LogP contribution in [0.2, 0.25) is 0 Å². The normalized spacial score (nSPS) is 12.4. The quantitative estimate of drug-likeness (QED) is 0.909. The van der Waals surface area contributed by atoms with Crippen LogP contribution in [0.25, 0.3) is 11.3 Å². The highest BCUT2D eigenvalue weighted by Crippen LogP contribution is 2.28. The summed E-state index contributed by atoms with van der Waals surface area (Å²) in [5, 5.41) is 9.39. The van der Waals surface area contributed by atoms with Crippen molar-refractivity contribution in [2.24, 2.45) is 0 Å². The highest BCUT2D eigenvalue weighted by Gasteiger charge is 2.20. The first-order valence-corrected chi connectivity index (χ1v) is 6.93. The zero-order valence-electron chi connectivity index (χ0n) is 12.5. The van der Waals surface area contributed by atoms with Crippen LogP contribution in [0.4, 0.5) is 0 Å². The fourth-order valence-corrected chi connectivity index (χ4v) is 2.50. The molecule has 0 aliphatic carbocycles. The largest absolute Gasteiger partial charge is 0.480 e. The van der Waals surface area contributed by atoms with Crippen LogP contribution in [0.1, 0.15) is 36.1 Å². The number of nitrogens with zero attached hydrogens (tertiary/aromatic N) is 1. The standard InChI is InChI=1S/C17H21NO2/c1-5-15(17(19)20)18-10-11(2)8-16(18)14-7-6-12(3)13(4)9-14/h6-10,15H,5H2,1-4H3,(H,19,20). The highest BCUT2D eigenvalue weighted by atomic mass is 16.4. The number of aryl methyl sites for hydroxylation is 3. The van der Waals surface area contributed by atoms with E-state index < -0.39 is 12.0 Å². The maximum absolute atomic E-state index is 11.4. The SMILES string of the molecule is CCC(C(=O)O)n1cc(C)cc1-c1ccc(C)c(C)c1. The minimum atomic E-state index is -0.784. The number of hydrogen-bond donors (Lipinski definition) is 1. The Morgan fingerprint density at radius 2 is 1.90 bits per heavy atom. The third-order valence-electron chi connectivity index (χ3n) is 3.80. The minimum Gasteiger partial charge on any atom is -0.480 e. The molecule has 0 fully saturated rings. The van der Waals surface area contributed by atoms with Gasteiger partial charge in [0.05, 0.1) is 0 Å². The van der Waals surface area contributed by atoms with Crippen LogP contribution in [0.3, 0.4) is 0 Å². The van der Waals surface area contributed by atoms with Crippen molar-refractivity contribution in [3.8, 4) is 11.3 Å². The molecule has 20 heavy (non-hydrogen) atoms. The summed E-state index contributed by atoms with van der Waals surface area (Å²) >= 11 is 0. The predicted molar refractivity (Wildman–Crippen MR) is 81.0 cm³/mol. The van der Waals surface area contributed by atoms with Gasteiger partial charge in [0, 0.05) is 11.9 Å². The van der Waals surface area contributed by atoms with E-state index in [1.165, 1.54) is 11.1 Å². The van der Waals surface area contributed by atoms with Crippen LogP contribution in [-0.2, 0) is 4.79 Å². The molecule has 0 aliphatic rings. The van der Waals surface area contributed by atoms with Crippen molar-refractivity contribution in [3.63, 3.8) is 0 Å². The van der Waals surface area contributed by atoms with Gasteiger partial charge >= 0.3 is 5.97 Å². The maximum atomic E-state index is 11.4. The average molecular weight is 271 g/mol. The first-order chi connectivity index (χ1) is 9.43. The predicted octanol–water partition coefficient (Wildman–Crippen LogP) is 4.12. The Morgan fingerprint density at radius 3 is 2.45 bits per heavy atom. The second kappa shape index (κ2) is 5.53. The summed E-state index contributed by atoms with van der Waals surface area (Å²) in [5.41, 5.74) is 5.59. The zero-order chi connectivity index (χ0) is 14.9. The van der Waals surface area contributed by atoms with Gasteiger partial charge in [0.15, 0.2) is 0 Å². The summed E-state index contributed by atoms with van der Waals surface area (Å²) < 4.78 is 1.88. The molecule has 3 heteroatoms. The number of benzene rings is 1. The monoisotopic (exact) mass is 271 g/mol. The van der Waals surface area contributed by atoms with Crippen molar-refractivity contribution >= 4 is 5.97 Å². The molecule has 1 unspecified atom stereocenters. The molecule has 2 rings (SSSR count). The summed E-state index contributed by atoms with van der Waals surface area (Å²) in [5.74, 6) is -0.784. The van der Waals surface area contributed by atoms with E-state index in [0.717, 1.165) is 16.8 Å². The van der Waals surface area contributed by atoms with Crippen LogP contribution in [0.15, 0.2) is 30.5 Å². The number of aliphatic carboxylic acids is 1. The zero-order valence-corrected chi connectivity index (χ0v) is 12.5. The van der Waals surface area contributed by atoms with Gasteiger partial charge in [-0.2, -0.15) is 0 Å². The van der Waals surface area contributed by atoms with Crippen molar-refractivity contribution in [1.29, 1.82) is 0 Å². The van der Waals surface area contributed by atoms with Gasteiger partial charge in [-0.1, -0.05) is 19.1 Å².